The minimum Gasteiger partial charge on any atom is -0.496 e. The number of hydrogen-bond donors (Lipinski definition) is 2. The SMILES string of the molecule is COc1cc(I)cc2[nH][nH]c(=O)c12. The topological polar surface area (TPSA) is 57.9 Å². The van der Waals surface area contributed by atoms with Crippen molar-refractivity contribution in [3.8, 4) is 5.75 Å². The molecular weight excluding hydrogens is 283 g/mol. The molecule has 2 rings (SSSR count). The first kappa shape index (κ1) is 8.61. The lowest BCUT2D eigenvalue weighted by atomic mass is 10.2. The highest BCUT2D eigenvalue weighted by Crippen LogP contribution is 2.23. The number of halogens is 1. The summed E-state index contributed by atoms with van der Waals surface area (Å²) in [4.78, 5) is 11.3. The Labute approximate surface area is 87.4 Å². The largest absolute Gasteiger partial charge is 0.496 e. The van der Waals surface area contributed by atoms with Crippen molar-refractivity contribution in [3.63, 3.8) is 0 Å². The van der Waals surface area contributed by atoms with Gasteiger partial charge in [0.15, 0.2) is 0 Å². The van der Waals surface area contributed by atoms with E-state index in [9.17, 15) is 4.79 Å². The van der Waals surface area contributed by atoms with Crippen LogP contribution in [0.2, 0.25) is 0 Å². The lowest BCUT2D eigenvalue weighted by Crippen LogP contribution is -1.99. The van der Waals surface area contributed by atoms with Gasteiger partial charge in [-0.15, -0.1) is 0 Å². The average Bonchev–Trinajstić information content (AvgIpc) is 2.46. The van der Waals surface area contributed by atoms with E-state index in [1.165, 1.54) is 0 Å². The van der Waals surface area contributed by atoms with Crippen molar-refractivity contribution in [1.82, 2.24) is 10.2 Å². The fourth-order valence-corrected chi connectivity index (χ4v) is 1.86. The Bertz CT molecular complexity index is 500. The number of rotatable bonds is 1. The highest BCUT2D eigenvalue weighted by molar-refractivity contribution is 14.1. The van der Waals surface area contributed by atoms with Crippen LogP contribution in [0.25, 0.3) is 10.9 Å². The number of nitrogens with one attached hydrogen (secondary N) is 2. The van der Waals surface area contributed by atoms with E-state index in [0.717, 1.165) is 9.09 Å². The van der Waals surface area contributed by atoms with E-state index < -0.39 is 0 Å². The highest BCUT2D eigenvalue weighted by Gasteiger charge is 2.08. The van der Waals surface area contributed by atoms with Gasteiger partial charge >= 0.3 is 0 Å². The van der Waals surface area contributed by atoms with Gasteiger partial charge in [-0.3, -0.25) is 15.0 Å². The van der Waals surface area contributed by atoms with Crippen molar-refractivity contribution in [2.45, 2.75) is 0 Å². The predicted octanol–water partition coefficient (Wildman–Crippen LogP) is 1.47. The molecular formula is C8H7IN2O2. The molecule has 2 N–H and O–H groups in total. The van der Waals surface area contributed by atoms with Crippen LogP contribution in [0.1, 0.15) is 0 Å². The molecule has 1 aromatic carbocycles. The Morgan fingerprint density at radius 1 is 1.38 bits per heavy atom. The molecule has 0 aliphatic carbocycles. The third-order valence-electron chi connectivity index (χ3n) is 1.82. The second-order valence-electron chi connectivity index (χ2n) is 2.61. The second-order valence-corrected chi connectivity index (χ2v) is 3.86. The van der Waals surface area contributed by atoms with E-state index in [1.54, 1.807) is 7.11 Å². The lowest BCUT2D eigenvalue weighted by molar-refractivity contribution is 0.419. The Balaban J connectivity index is 2.93. The summed E-state index contributed by atoms with van der Waals surface area (Å²) in [6.07, 6.45) is 0. The Kier molecular flexibility index (Phi) is 2.03. The fourth-order valence-electron chi connectivity index (χ4n) is 1.26. The predicted molar refractivity (Wildman–Crippen MR) is 58.2 cm³/mol. The maximum atomic E-state index is 11.3. The summed E-state index contributed by atoms with van der Waals surface area (Å²) < 4.78 is 6.13. The minimum atomic E-state index is -0.150. The molecule has 2 aromatic rings. The molecule has 0 unspecified atom stereocenters. The van der Waals surface area contributed by atoms with E-state index in [-0.39, 0.29) is 5.56 Å². The molecule has 4 nitrogen and oxygen atoms in total. The molecule has 0 bridgehead atoms. The molecule has 5 heteroatoms. The molecule has 0 amide bonds. The number of aromatic amines is 2. The van der Waals surface area contributed by atoms with Crippen LogP contribution in [0.4, 0.5) is 0 Å². The third kappa shape index (κ3) is 1.32. The molecule has 0 radical (unpaired) electrons. The standard InChI is InChI=1S/C8H7IN2O2/c1-13-6-3-4(9)2-5-7(6)8(12)11-10-5/h2-3H,1H3,(H2,10,11,12). The van der Waals surface area contributed by atoms with Gasteiger partial charge in [0.25, 0.3) is 5.56 Å². The normalized spacial score (nSPS) is 10.6. The van der Waals surface area contributed by atoms with Crippen molar-refractivity contribution in [3.05, 3.63) is 26.1 Å². The molecule has 0 saturated heterocycles. The van der Waals surface area contributed by atoms with Gasteiger partial charge in [0.1, 0.15) is 11.1 Å². The van der Waals surface area contributed by atoms with Crippen LogP contribution < -0.4 is 10.3 Å². The van der Waals surface area contributed by atoms with Gasteiger partial charge in [0, 0.05) is 3.57 Å². The van der Waals surface area contributed by atoms with E-state index in [2.05, 4.69) is 32.8 Å². The molecule has 0 atom stereocenters. The zero-order valence-electron chi connectivity index (χ0n) is 6.85. The molecule has 68 valence electrons. The Hall–Kier alpha value is -0.980. The van der Waals surface area contributed by atoms with Crippen molar-refractivity contribution < 1.29 is 4.74 Å². The van der Waals surface area contributed by atoms with E-state index in [4.69, 9.17) is 4.74 Å². The monoisotopic (exact) mass is 290 g/mol. The first-order chi connectivity index (χ1) is 6.22. The van der Waals surface area contributed by atoms with E-state index >= 15 is 0 Å². The van der Waals surface area contributed by atoms with Gasteiger partial charge in [0.2, 0.25) is 0 Å². The summed E-state index contributed by atoms with van der Waals surface area (Å²) in [6, 6.07) is 3.71. The van der Waals surface area contributed by atoms with Crippen molar-refractivity contribution in [2.24, 2.45) is 0 Å². The zero-order chi connectivity index (χ0) is 9.42. The number of hydrogen-bond acceptors (Lipinski definition) is 2. The average molecular weight is 290 g/mol. The van der Waals surface area contributed by atoms with Crippen molar-refractivity contribution in [1.29, 1.82) is 0 Å². The van der Waals surface area contributed by atoms with Crippen molar-refractivity contribution in [2.75, 3.05) is 7.11 Å². The van der Waals surface area contributed by atoms with Gasteiger partial charge in [0.05, 0.1) is 12.6 Å². The number of ether oxygens (including phenoxy) is 1. The van der Waals surface area contributed by atoms with Gasteiger partial charge in [-0.2, -0.15) is 0 Å². The molecule has 0 aliphatic rings. The maximum Gasteiger partial charge on any atom is 0.275 e. The number of benzene rings is 1. The molecule has 1 aromatic heterocycles. The number of fused-ring (bicyclic) bond motifs is 1. The van der Waals surface area contributed by atoms with E-state index in [0.29, 0.717) is 11.1 Å². The van der Waals surface area contributed by atoms with Gasteiger partial charge < -0.3 is 4.74 Å². The summed E-state index contributed by atoms with van der Waals surface area (Å²) in [7, 11) is 1.55. The second kappa shape index (κ2) is 3.06. The van der Waals surface area contributed by atoms with Crippen molar-refractivity contribution >= 4 is 33.5 Å². The van der Waals surface area contributed by atoms with Crippen LogP contribution in [0.15, 0.2) is 16.9 Å². The molecule has 0 spiro atoms. The quantitative estimate of drug-likeness (QED) is 0.781. The van der Waals surface area contributed by atoms with Crippen LogP contribution in [0.5, 0.6) is 5.75 Å². The fraction of sp³-hybridized carbons (Fsp3) is 0.125. The van der Waals surface area contributed by atoms with E-state index in [1.807, 2.05) is 12.1 Å². The molecule has 13 heavy (non-hydrogen) atoms. The zero-order valence-corrected chi connectivity index (χ0v) is 9.01. The first-order valence-corrected chi connectivity index (χ1v) is 4.74. The lowest BCUT2D eigenvalue weighted by Gasteiger charge is -2.00. The van der Waals surface area contributed by atoms with Crippen LogP contribution in [-0.2, 0) is 0 Å². The molecule has 0 fully saturated rings. The summed E-state index contributed by atoms with van der Waals surface area (Å²) in [5, 5.41) is 5.87. The Morgan fingerprint density at radius 2 is 2.15 bits per heavy atom. The summed E-state index contributed by atoms with van der Waals surface area (Å²) in [5.74, 6) is 0.601. The van der Waals surface area contributed by atoms with Gasteiger partial charge in [-0.05, 0) is 34.7 Å². The summed E-state index contributed by atoms with van der Waals surface area (Å²) in [6.45, 7) is 0. The first-order valence-electron chi connectivity index (χ1n) is 3.66. The highest BCUT2D eigenvalue weighted by atomic mass is 127. The molecule has 1 heterocycles. The van der Waals surface area contributed by atoms with Crippen LogP contribution >= 0.6 is 22.6 Å². The van der Waals surface area contributed by atoms with Crippen LogP contribution in [0.3, 0.4) is 0 Å². The summed E-state index contributed by atoms with van der Waals surface area (Å²) in [5.41, 5.74) is 0.622. The van der Waals surface area contributed by atoms with Gasteiger partial charge in [-0.1, -0.05) is 0 Å². The summed E-state index contributed by atoms with van der Waals surface area (Å²) >= 11 is 2.17. The van der Waals surface area contributed by atoms with Crippen LogP contribution in [-0.4, -0.2) is 17.3 Å². The third-order valence-corrected chi connectivity index (χ3v) is 2.45. The maximum absolute atomic E-state index is 11.3. The Morgan fingerprint density at radius 3 is 2.85 bits per heavy atom. The smallest absolute Gasteiger partial charge is 0.275 e. The number of H-pyrrole nitrogens is 2. The number of methoxy groups -OCH3 is 1. The molecule has 0 aliphatic heterocycles. The molecule has 0 saturated carbocycles. The van der Waals surface area contributed by atoms with Gasteiger partial charge in [-0.25, -0.2) is 0 Å². The van der Waals surface area contributed by atoms with Crippen LogP contribution in [0, 0.1) is 3.57 Å². The number of aromatic nitrogens is 2. The minimum absolute atomic E-state index is 0.150.